The number of allylic oxidation sites excluding steroid dienone is 1. The van der Waals surface area contributed by atoms with Crippen LogP contribution >= 0.6 is 27.5 Å². The lowest BCUT2D eigenvalue weighted by Crippen LogP contribution is -2.54. The van der Waals surface area contributed by atoms with Crippen LogP contribution < -0.4 is 16.0 Å². The number of hydrogen-bond donors (Lipinski definition) is 2. The number of nitrogens with one attached hydrogen (secondary N) is 1. The number of halogens is 3. The molecule has 7 nitrogen and oxygen atoms in total. The highest BCUT2D eigenvalue weighted by molar-refractivity contribution is 9.10. The minimum atomic E-state index is -1.82. The number of ketones is 1. The Kier molecular flexibility index (Phi) is 5.57. The molecule has 0 radical (unpaired) electrons. The van der Waals surface area contributed by atoms with Gasteiger partial charge >= 0.3 is 5.97 Å². The van der Waals surface area contributed by atoms with Gasteiger partial charge in [-0.05, 0) is 48.2 Å². The largest absolute Gasteiger partial charge is 0.466 e. The molecule has 0 bridgehead atoms. The van der Waals surface area contributed by atoms with Crippen molar-refractivity contribution in [3.8, 4) is 0 Å². The molecule has 0 aromatic heterocycles. The van der Waals surface area contributed by atoms with Gasteiger partial charge in [0.15, 0.2) is 5.78 Å². The molecule has 3 aliphatic rings. The van der Waals surface area contributed by atoms with Crippen LogP contribution in [0.3, 0.4) is 0 Å². The second-order valence-corrected chi connectivity index (χ2v) is 11.2. The number of amides is 1. The average Bonchev–Trinajstić information content (AvgIpc) is 3.06. The number of anilines is 2. The first kappa shape index (κ1) is 24.5. The summed E-state index contributed by atoms with van der Waals surface area (Å²) in [6.45, 7) is 3.87. The lowest BCUT2D eigenvalue weighted by Gasteiger charge is -2.47. The zero-order valence-corrected chi connectivity index (χ0v) is 22.0. The first-order chi connectivity index (χ1) is 16.9. The normalized spacial score (nSPS) is 22.6. The third-order valence-electron chi connectivity index (χ3n) is 6.89. The third kappa shape index (κ3) is 3.33. The third-order valence-corrected chi connectivity index (χ3v) is 7.68. The molecule has 1 amide bonds. The molecule has 1 aliphatic carbocycles. The zero-order valence-electron chi connectivity index (χ0n) is 19.7. The number of benzene rings is 2. The summed E-state index contributed by atoms with van der Waals surface area (Å²) in [5.41, 5.74) is 6.04. The second kappa shape index (κ2) is 8.18. The molecule has 0 saturated carbocycles. The van der Waals surface area contributed by atoms with Crippen LogP contribution in [0.2, 0.25) is 5.02 Å². The van der Waals surface area contributed by atoms with Crippen LogP contribution in [0.25, 0.3) is 0 Å². The van der Waals surface area contributed by atoms with Gasteiger partial charge in [-0.25, -0.2) is 9.18 Å². The fourth-order valence-corrected chi connectivity index (χ4v) is 6.06. The van der Waals surface area contributed by atoms with Crippen molar-refractivity contribution in [2.24, 2.45) is 11.1 Å². The van der Waals surface area contributed by atoms with Crippen LogP contribution in [-0.2, 0) is 24.5 Å². The van der Waals surface area contributed by atoms with Gasteiger partial charge in [0.05, 0.1) is 12.1 Å². The van der Waals surface area contributed by atoms with E-state index in [1.807, 2.05) is 13.8 Å². The number of nitrogens with two attached hydrogens (primary N) is 1. The Morgan fingerprint density at radius 2 is 1.92 bits per heavy atom. The van der Waals surface area contributed by atoms with E-state index < -0.39 is 28.5 Å². The van der Waals surface area contributed by atoms with Crippen LogP contribution in [0.5, 0.6) is 0 Å². The summed E-state index contributed by atoms with van der Waals surface area (Å²) in [5.74, 6) is -2.46. The second-order valence-electron chi connectivity index (χ2n) is 9.84. The van der Waals surface area contributed by atoms with Crippen molar-refractivity contribution >= 4 is 56.6 Å². The van der Waals surface area contributed by atoms with Gasteiger partial charge in [-0.1, -0.05) is 41.4 Å². The molecule has 1 atom stereocenters. The van der Waals surface area contributed by atoms with E-state index in [0.717, 1.165) is 0 Å². The summed E-state index contributed by atoms with van der Waals surface area (Å²) in [7, 11) is 1.18. The van der Waals surface area contributed by atoms with Gasteiger partial charge in [-0.2, -0.15) is 0 Å². The van der Waals surface area contributed by atoms with Crippen molar-refractivity contribution in [3.05, 3.63) is 79.9 Å². The molecule has 186 valence electrons. The summed E-state index contributed by atoms with van der Waals surface area (Å²) in [6, 6.07) is 9.15. The van der Waals surface area contributed by atoms with E-state index in [2.05, 4.69) is 21.2 Å². The topological polar surface area (TPSA) is 102 Å². The van der Waals surface area contributed by atoms with Crippen molar-refractivity contribution in [2.75, 3.05) is 17.3 Å². The Hall–Kier alpha value is -3.17. The van der Waals surface area contributed by atoms with E-state index in [1.165, 1.54) is 30.2 Å². The van der Waals surface area contributed by atoms with Crippen molar-refractivity contribution in [1.29, 1.82) is 0 Å². The Bertz CT molecular complexity index is 1450. The van der Waals surface area contributed by atoms with Crippen molar-refractivity contribution < 1.29 is 23.5 Å². The minimum Gasteiger partial charge on any atom is -0.466 e. The average molecular weight is 575 g/mol. The molecule has 5 rings (SSSR count). The molecule has 0 fully saturated rings. The van der Waals surface area contributed by atoms with E-state index in [4.69, 9.17) is 22.1 Å². The highest BCUT2D eigenvalue weighted by atomic mass is 79.9. The summed E-state index contributed by atoms with van der Waals surface area (Å²) in [5, 5.41) is 2.67. The van der Waals surface area contributed by atoms with Gasteiger partial charge in [0.25, 0.3) is 0 Å². The van der Waals surface area contributed by atoms with E-state index >= 15 is 0 Å². The molecule has 2 aromatic carbocycles. The smallest absolute Gasteiger partial charge is 0.339 e. The Morgan fingerprint density at radius 3 is 2.58 bits per heavy atom. The van der Waals surface area contributed by atoms with Crippen molar-refractivity contribution in [3.63, 3.8) is 0 Å². The van der Waals surface area contributed by atoms with Gasteiger partial charge in [0.1, 0.15) is 22.6 Å². The van der Waals surface area contributed by atoms with Crippen LogP contribution in [-0.4, -0.2) is 24.8 Å². The standard InChI is InChI=1S/C26H22BrClFN3O4/c1-25(2)10-18-20(19(33)11-25)26(14-8-12(27)4-7-17(14)31-24(26)35)21(23(34)36-3)22(30)32(18)13-5-6-16(29)15(28)9-13/h4-9H,10-11,30H2,1-3H3,(H,31,35). The number of rotatable bonds is 2. The Balaban J connectivity index is 1.94. The summed E-state index contributed by atoms with van der Waals surface area (Å²) in [6.07, 6.45) is 0.507. The van der Waals surface area contributed by atoms with Crippen LogP contribution in [0.15, 0.2) is 63.5 Å². The zero-order chi connectivity index (χ0) is 26.2. The summed E-state index contributed by atoms with van der Waals surface area (Å²) < 4.78 is 19.8. The number of carbonyl (C=O) groups is 3. The predicted molar refractivity (Wildman–Crippen MR) is 137 cm³/mol. The fourth-order valence-electron chi connectivity index (χ4n) is 5.53. The van der Waals surface area contributed by atoms with Gasteiger partial charge in [0.2, 0.25) is 5.91 Å². The van der Waals surface area contributed by atoms with Gasteiger partial charge < -0.3 is 15.8 Å². The van der Waals surface area contributed by atoms with Crippen LogP contribution in [0.4, 0.5) is 15.8 Å². The first-order valence-electron chi connectivity index (χ1n) is 11.1. The highest BCUT2D eigenvalue weighted by Gasteiger charge is 2.63. The lowest BCUT2D eigenvalue weighted by molar-refractivity contribution is -0.138. The van der Waals surface area contributed by atoms with Gasteiger partial charge in [0, 0.05) is 39.1 Å². The number of methoxy groups -OCH3 is 1. The van der Waals surface area contributed by atoms with Crippen molar-refractivity contribution in [1.82, 2.24) is 0 Å². The van der Waals surface area contributed by atoms with E-state index in [1.54, 1.807) is 18.2 Å². The Labute approximate surface area is 220 Å². The van der Waals surface area contributed by atoms with Gasteiger partial charge in [-0.15, -0.1) is 0 Å². The maximum Gasteiger partial charge on any atom is 0.339 e. The SMILES string of the molecule is COC(=O)C1=C(N)N(c2ccc(F)c(Cl)c2)C2=C(C(=O)CC(C)(C)C2)C12C(=O)Nc1ccc(Br)cc12. The van der Waals surface area contributed by atoms with Crippen LogP contribution in [0.1, 0.15) is 32.3 Å². The number of Topliss-reactive ketones (excluding diaryl/α,β-unsaturated/α-hetero) is 1. The molecule has 2 heterocycles. The van der Waals surface area contributed by atoms with Crippen LogP contribution in [0, 0.1) is 11.2 Å². The molecule has 0 saturated heterocycles. The number of fused-ring (bicyclic) bond motifs is 3. The maximum atomic E-state index is 14.0. The first-order valence-corrected chi connectivity index (χ1v) is 12.3. The highest BCUT2D eigenvalue weighted by Crippen LogP contribution is 2.57. The number of nitrogens with zero attached hydrogens (tertiary/aromatic N) is 1. The monoisotopic (exact) mass is 573 g/mol. The molecule has 1 unspecified atom stereocenters. The molecular formula is C26H22BrClFN3O4. The molecule has 2 aliphatic heterocycles. The molecule has 3 N–H and O–H groups in total. The summed E-state index contributed by atoms with van der Waals surface area (Å²) >= 11 is 9.54. The van der Waals surface area contributed by atoms with E-state index in [0.29, 0.717) is 33.5 Å². The number of esters is 1. The molecule has 2 aromatic rings. The quantitative estimate of drug-likeness (QED) is 0.493. The predicted octanol–water partition coefficient (Wildman–Crippen LogP) is 4.94. The lowest BCUT2D eigenvalue weighted by atomic mass is 9.60. The minimum absolute atomic E-state index is 0.100. The molecular weight excluding hydrogens is 553 g/mol. The Morgan fingerprint density at radius 1 is 1.19 bits per heavy atom. The van der Waals surface area contributed by atoms with E-state index in [-0.39, 0.29) is 34.2 Å². The van der Waals surface area contributed by atoms with E-state index in [9.17, 15) is 18.8 Å². The number of carbonyl (C=O) groups excluding carboxylic acids is 3. The molecule has 1 spiro atoms. The molecule has 10 heteroatoms. The molecule has 36 heavy (non-hydrogen) atoms. The maximum absolute atomic E-state index is 14.0. The number of hydrogen-bond acceptors (Lipinski definition) is 6. The van der Waals surface area contributed by atoms with Crippen molar-refractivity contribution in [2.45, 2.75) is 32.1 Å². The fraction of sp³-hybridized carbons (Fsp3) is 0.269. The number of ether oxygens (including phenoxy) is 1. The summed E-state index contributed by atoms with van der Waals surface area (Å²) in [4.78, 5) is 42.7. The van der Waals surface area contributed by atoms with Gasteiger partial charge in [-0.3, -0.25) is 14.5 Å².